The van der Waals surface area contributed by atoms with Crippen LogP contribution in [0.4, 0.5) is 11.4 Å². The zero-order valence-electron chi connectivity index (χ0n) is 13.8. The van der Waals surface area contributed by atoms with Crippen LogP contribution in [0.25, 0.3) is 0 Å². The van der Waals surface area contributed by atoms with E-state index >= 15 is 0 Å². The summed E-state index contributed by atoms with van der Waals surface area (Å²) >= 11 is 0. The van der Waals surface area contributed by atoms with E-state index in [1.54, 1.807) is 0 Å². The van der Waals surface area contributed by atoms with Crippen molar-refractivity contribution in [2.45, 2.75) is 0 Å². The van der Waals surface area contributed by atoms with Crippen LogP contribution in [0.5, 0.6) is 0 Å². The van der Waals surface area contributed by atoms with Crippen LogP contribution in [0.1, 0.15) is 0 Å². The molecule has 0 saturated heterocycles. The molecule has 0 heterocycles. The molecule has 1 aromatic rings. The number of aliphatic hydroxyl groups is 2. The Kier molecular flexibility index (Phi) is 7.37. The van der Waals surface area contributed by atoms with Crippen LogP contribution < -0.4 is 10.6 Å². The van der Waals surface area contributed by atoms with Crippen LogP contribution in [-0.2, 0) is 28.7 Å². The molecule has 2 amide bonds. The number of aliphatic hydroxyl groups excluding tert-OH is 2. The molecule has 1 rings (SSSR count). The average molecular weight is 364 g/mol. The number of esters is 2. The molecule has 0 radical (unpaired) electrons. The van der Waals surface area contributed by atoms with Gasteiger partial charge in [-0.1, -0.05) is 0 Å². The fourth-order valence-corrected chi connectivity index (χ4v) is 1.50. The molecule has 0 aliphatic carbocycles. The van der Waals surface area contributed by atoms with Gasteiger partial charge in [-0.3, -0.25) is 9.59 Å². The van der Waals surface area contributed by atoms with Crippen molar-refractivity contribution in [3.63, 3.8) is 0 Å². The number of benzene rings is 1. The molecule has 0 unspecified atom stereocenters. The summed E-state index contributed by atoms with van der Waals surface area (Å²) in [6.45, 7) is 0. The third-order valence-corrected chi connectivity index (χ3v) is 2.78. The van der Waals surface area contributed by atoms with Crippen LogP contribution in [0.15, 0.2) is 47.9 Å². The molecular weight excluding hydrogens is 348 g/mol. The minimum Gasteiger partial charge on any atom is -0.503 e. The van der Waals surface area contributed by atoms with Gasteiger partial charge >= 0.3 is 11.9 Å². The van der Waals surface area contributed by atoms with Crippen LogP contribution in [-0.4, -0.2) is 48.2 Å². The van der Waals surface area contributed by atoms with E-state index in [1.807, 2.05) is 0 Å². The van der Waals surface area contributed by atoms with Crippen molar-refractivity contribution in [1.29, 1.82) is 0 Å². The van der Waals surface area contributed by atoms with E-state index in [4.69, 9.17) is 0 Å². The Hall–Kier alpha value is -3.82. The molecule has 138 valence electrons. The first kappa shape index (κ1) is 20.2. The second kappa shape index (κ2) is 9.47. The first-order valence-corrected chi connectivity index (χ1v) is 6.96. The van der Waals surface area contributed by atoms with Crippen molar-refractivity contribution in [1.82, 2.24) is 0 Å². The van der Waals surface area contributed by atoms with Crippen LogP contribution in [0.3, 0.4) is 0 Å². The lowest BCUT2D eigenvalue weighted by Crippen LogP contribution is -2.16. The summed E-state index contributed by atoms with van der Waals surface area (Å²) in [4.78, 5) is 45.2. The minimum atomic E-state index is -0.939. The zero-order valence-corrected chi connectivity index (χ0v) is 13.8. The molecule has 0 atom stereocenters. The molecule has 0 aliphatic heterocycles. The van der Waals surface area contributed by atoms with E-state index in [1.165, 1.54) is 24.3 Å². The lowest BCUT2D eigenvalue weighted by molar-refractivity contribution is -0.136. The largest absolute Gasteiger partial charge is 0.503 e. The van der Waals surface area contributed by atoms with E-state index in [0.29, 0.717) is 12.2 Å². The number of rotatable bonds is 6. The fourth-order valence-electron chi connectivity index (χ4n) is 1.50. The van der Waals surface area contributed by atoms with Crippen molar-refractivity contribution in [2.24, 2.45) is 0 Å². The van der Waals surface area contributed by atoms with Gasteiger partial charge in [0.1, 0.15) is 0 Å². The molecule has 10 nitrogen and oxygen atoms in total. The van der Waals surface area contributed by atoms with E-state index in [0.717, 1.165) is 14.2 Å². The van der Waals surface area contributed by atoms with Gasteiger partial charge in [-0.15, -0.1) is 0 Å². The quantitative estimate of drug-likeness (QED) is 0.328. The highest BCUT2D eigenvalue weighted by Gasteiger charge is 2.12. The van der Waals surface area contributed by atoms with Crippen molar-refractivity contribution in [2.75, 3.05) is 24.9 Å². The maximum Gasteiger partial charge on any atom is 0.334 e. The summed E-state index contributed by atoms with van der Waals surface area (Å²) < 4.78 is 8.55. The number of hydrogen-bond donors (Lipinski definition) is 4. The van der Waals surface area contributed by atoms with Crippen LogP contribution >= 0.6 is 0 Å². The summed E-state index contributed by atoms with van der Waals surface area (Å²) in [5.74, 6) is -5.35. The number of methoxy groups -OCH3 is 2. The smallest absolute Gasteiger partial charge is 0.334 e. The van der Waals surface area contributed by atoms with Gasteiger partial charge in [0.2, 0.25) is 0 Å². The zero-order chi connectivity index (χ0) is 19.7. The van der Waals surface area contributed by atoms with E-state index in [9.17, 15) is 29.4 Å². The highest BCUT2D eigenvalue weighted by molar-refractivity contribution is 6.06. The average Bonchev–Trinajstić information content (AvgIpc) is 2.62. The third-order valence-electron chi connectivity index (χ3n) is 2.78. The van der Waals surface area contributed by atoms with E-state index < -0.39 is 35.3 Å². The number of carbonyl (C=O) groups is 4. The highest BCUT2D eigenvalue weighted by Crippen LogP contribution is 2.14. The number of carbonyl (C=O) groups excluding carboxylic acids is 4. The van der Waals surface area contributed by atoms with Gasteiger partial charge < -0.3 is 30.3 Å². The molecule has 10 heteroatoms. The maximum atomic E-state index is 11.7. The maximum absolute atomic E-state index is 11.7. The van der Waals surface area contributed by atoms with Gasteiger partial charge in [0, 0.05) is 11.4 Å². The van der Waals surface area contributed by atoms with Crippen molar-refractivity contribution in [3.8, 4) is 0 Å². The third kappa shape index (κ3) is 6.35. The predicted molar refractivity (Wildman–Crippen MR) is 89.2 cm³/mol. The Balaban J connectivity index is 2.72. The Morgan fingerprint density at radius 2 is 1.08 bits per heavy atom. The van der Waals surface area contributed by atoms with Crippen molar-refractivity contribution in [3.05, 3.63) is 47.9 Å². The molecule has 0 aromatic heterocycles. The topological polar surface area (TPSA) is 151 Å². The highest BCUT2D eigenvalue weighted by atomic mass is 16.5. The molecular formula is C16H16N2O8. The standard InChI is InChI=1S/C16H16N2O8/c1-25-13(21)7-11(19)15(23)17-9-3-5-10(6-4-9)18-16(24)12(20)8-14(22)26-2/h3-8,19-20H,1-2H3,(H,17,23)(H,18,24)/b11-7-,12-8-. The summed E-state index contributed by atoms with van der Waals surface area (Å²) in [6.07, 6.45) is 1.22. The number of hydrogen-bond acceptors (Lipinski definition) is 8. The Morgan fingerprint density at radius 1 is 0.769 bits per heavy atom. The normalized spacial score (nSPS) is 11.3. The van der Waals surface area contributed by atoms with Gasteiger partial charge in [-0.25, -0.2) is 9.59 Å². The minimum absolute atomic E-state index is 0.257. The summed E-state index contributed by atoms with van der Waals surface area (Å²) in [7, 11) is 2.18. The van der Waals surface area contributed by atoms with Crippen molar-refractivity contribution < 1.29 is 38.9 Å². The predicted octanol–water partition coefficient (Wildman–Crippen LogP) is 0.793. The number of ether oxygens (including phenoxy) is 2. The number of nitrogens with one attached hydrogen (secondary N) is 2. The van der Waals surface area contributed by atoms with Gasteiger partial charge in [-0.2, -0.15) is 0 Å². The first-order valence-electron chi connectivity index (χ1n) is 6.96. The number of amides is 2. The lowest BCUT2D eigenvalue weighted by Gasteiger charge is -2.07. The number of anilines is 2. The Bertz CT molecular complexity index is 700. The molecule has 0 bridgehead atoms. The van der Waals surface area contributed by atoms with E-state index in [2.05, 4.69) is 20.1 Å². The first-order chi connectivity index (χ1) is 12.3. The summed E-state index contributed by atoms with van der Waals surface area (Å²) in [5.41, 5.74) is 0.513. The fraction of sp³-hybridized carbons (Fsp3) is 0.125. The molecule has 1 aromatic carbocycles. The van der Waals surface area contributed by atoms with Gasteiger partial charge in [0.05, 0.1) is 26.4 Å². The molecule has 0 fully saturated rings. The molecule has 0 saturated carbocycles. The second-order valence-electron chi connectivity index (χ2n) is 4.59. The van der Waals surface area contributed by atoms with Gasteiger partial charge in [-0.05, 0) is 24.3 Å². The second-order valence-corrected chi connectivity index (χ2v) is 4.59. The van der Waals surface area contributed by atoms with Crippen LogP contribution in [0, 0.1) is 0 Å². The Morgan fingerprint density at radius 3 is 1.35 bits per heavy atom. The van der Waals surface area contributed by atoms with E-state index in [-0.39, 0.29) is 11.4 Å². The summed E-state index contributed by atoms with van der Waals surface area (Å²) in [6, 6.07) is 5.56. The van der Waals surface area contributed by atoms with Crippen LogP contribution in [0.2, 0.25) is 0 Å². The molecule has 26 heavy (non-hydrogen) atoms. The monoisotopic (exact) mass is 364 g/mol. The molecule has 4 N–H and O–H groups in total. The van der Waals surface area contributed by atoms with Crippen molar-refractivity contribution >= 4 is 35.1 Å². The summed E-state index contributed by atoms with van der Waals surface area (Å²) in [5, 5.41) is 23.5. The Labute approximate surface area is 147 Å². The van der Waals surface area contributed by atoms with Gasteiger partial charge in [0.15, 0.2) is 11.5 Å². The molecule has 0 spiro atoms. The van der Waals surface area contributed by atoms with Gasteiger partial charge in [0.25, 0.3) is 11.8 Å². The SMILES string of the molecule is COC(=O)/C=C(\O)C(=O)Nc1ccc(NC(=O)/C(O)=C/C(=O)OC)cc1. The molecule has 0 aliphatic rings. The lowest BCUT2D eigenvalue weighted by atomic mass is 10.2.